The highest BCUT2D eigenvalue weighted by Crippen LogP contribution is 2.26. The summed E-state index contributed by atoms with van der Waals surface area (Å²) in [5.41, 5.74) is 2.18. The van der Waals surface area contributed by atoms with Gasteiger partial charge in [0, 0.05) is 5.56 Å². The van der Waals surface area contributed by atoms with Gasteiger partial charge in [0.1, 0.15) is 18.5 Å². The van der Waals surface area contributed by atoms with E-state index >= 15 is 0 Å². The highest BCUT2D eigenvalue weighted by molar-refractivity contribution is 6.33. The Hall–Kier alpha value is -2.47. The van der Waals surface area contributed by atoms with E-state index in [0.29, 0.717) is 28.8 Å². The number of ether oxygens (including phenoxy) is 1. The van der Waals surface area contributed by atoms with Crippen LogP contribution >= 0.6 is 11.6 Å². The zero-order valence-electron chi connectivity index (χ0n) is 10.8. The fourth-order valence-corrected chi connectivity index (χ4v) is 2.54. The zero-order chi connectivity index (χ0) is 14.2. The fourth-order valence-electron chi connectivity index (χ4n) is 2.31. The molecule has 2 aromatic heterocycles. The first kappa shape index (κ1) is 12.3. The molecule has 0 radical (unpaired) electrons. The van der Waals surface area contributed by atoms with E-state index in [1.165, 1.54) is 6.33 Å². The Kier molecular flexibility index (Phi) is 2.82. The number of fused-ring (bicyclic) bond motifs is 1. The van der Waals surface area contributed by atoms with E-state index in [1.807, 2.05) is 34.9 Å². The maximum Gasteiger partial charge on any atom is 0.218 e. The van der Waals surface area contributed by atoms with E-state index in [1.54, 1.807) is 6.33 Å². The number of hydrogen-bond donors (Lipinski definition) is 0. The van der Waals surface area contributed by atoms with E-state index in [9.17, 15) is 0 Å². The summed E-state index contributed by atoms with van der Waals surface area (Å²) >= 11 is 6.13. The van der Waals surface area contributed by atoms with Crippen molar-refractivity contribution < 1.29 is 4.74 Å². The summed E-state index contributed by atoms with van der Waals surface area (Å²) in [6, 6.07) is 9.78. The number of hydrogen-bond acceptors (Lipinski definition) is 5. The Morgan fingerprint density at radius 2 is 2.00 bits per heavy atom. The third-order valence-corrected chi connectivity index (χ3v) is 3.57. The third-order valence-electron chi connectivity index (χ3n) is 3.30. The first-order chi connectivity index (χ1) is 10.3. The van der Waals surface area contributed by atoms with Crippen molar-refractivity contribution in [2.75, 3.05) is 6.61 Å². The van der Waals surface area contributed by atoms with E-state index in [4.69, 9.17) is 16.3 Å². The van der Waals surface area contributed by atoms with Crippen LogP contribution in [0.1, 0.15) is 11.7 Å². The third kappa shape index (κ3) is 2.04. The average Bonchev–Trinajstić information content (AvgIpc) is 3.15. The Balaban J connectivity index is 1.76. The van der Waals surface area contributed by atoms with Gasteiger partial charge in [-0.2, -0.15) is 0 Å². The molecule has 0 saturated heterocycles. The van der Waals surface area contributed by atoms with Crippen molar-refractivity contribution in [3.8, 4) is 0 Å². The molecule has 104 valence electrons. The molecule has 6 nitrogen and oxygen atoms in total. The van der Waals surface area contributed by atoms with Crippen LogP contribution in [0.15, 0.2) is 48.0 Å². The summed E-state index contributed by atoms with van der Waals surface area (Å²) in [6.45, 7) is 0.431. The molecule has 1 atom stereocenters. The molecule has 1 aliphatic rings. The molecule has 7 heteroatoms. The lowest BCUT2D eigenvalue weighted by Gasteiger charge is -2.07. The summed E-state index contributed by atoms with van der Waals surface area (Å²) in [5.74, 6) is 0.621. The second-order valence-corrected chi connectivity index (χ2v) is 4.94. The number of benzene rings is 1. The minimum absolute atomic E-state index is 0.214. The van der Waals surface area contributed by atoms with Crippen molar-refractivity contribution in [2.45, 2.75) is 6.17 Å². The lowest BCUT2D eigenvalue weighted by molar-refractivity contribution is 0.290. The fraction of sp³-hybridized carbons (Fsp3) is 0.143. The predicted octanol–water partition coefficient (Wildman–Crippen LogP) is 2.46. The molecule has 0 spiro atoms. The Morgan fingerprint density at radius 1 is 1.14 bits per heavy atom. The average molecular weight is 300 g/mol. The molecule has 0 bridgehead atoms. The number of halogens is 1. The van der Waals surface area contributed by atoms with Gasteiger partial charge in [0.15, 0.2) is 17.0 Å². The summed E-state index contributed by atoms with van der Waals surface area (Å²) in [6.07, 6.45) is 2.84. The molecule has 0 aliphatic carbocycles. The van der Waals surface area contributed by atoms with Gasteiger partial charge in [-0.25, -0.2) is 19.9 Å². The lowest BCUT2D eigenvalue weighted by Crippen LogP contribution is -2.07. The van der Waals surface area contributed by atoms with Crippen LogP contribution in [0.4, 0.5) is 0 Å². The highest BCUT2D eigenvalue weighted by atomic mass is 35.5. The summed E-state index contributed by atoms with van der Waals surface area (Å²) in [7, 11) is 0. The van der Waals surface area contributed by atoms with Gasteiger partial charge >= 0.3 is 0 Å². The van der Waals surface area contributed by atoms with Crippen LogP contribution in [-0.2, 0) is 4.74 Å². The summed E-state index contributed by atoms with van der Waals surface area (Å²) in [4.78, 5) is 16.9. The molecule has 1 unspecified atom stereocenters. The van der Waals surface area contributed by atoms with Gasteiger partial charge in [-0.1, -0.05) is 29.8 Å². The summed E-state index contributed by atoms with van der Waals surface area (Å²) in [5, 5.41) is 0.362. The standard InChI is InChI=1S/C14H10ClN5O/c15-12-11-13(17-7-16-12)18-8-20(11)10-6-21-14(19-10)9-4-2-1-3-5-9/h1-5,7-8,10H,6H2. The number of aliphatic imine (C=N–C) groups is 1. The molecular formula is C14H10ClN5O. The topological polar surface area (TPSA) is 65.2 Å². The monoisotopic (exact) mass is 299 g/mol. The second kappa shape index (κ2) is 4.82. The molecular weight excluding hydrogens is 290 g/mol. The van der Waals surface area contributed by atoms with Crippen molar-refractivity contribution in [1.82, 2.24) is 19.5 Å². The van der Waals surface area contributed by atoms with Crippen molar-refractivity contribution >= 4 is 28.7 Å². The molecule has 0 N–H and O–H groups in total. The van der Waals surface area contributed by atoms with Gasteiger partial charge in [0.2, 0.25) is 5.90 Å². The second-order valence-electron chi connectivity index (χ2n) is 4.58. The van der Waals surface area contributed by atoms with Crippen LogP contribution in [0.25, 0.3) is 11.2 Å². The minimum Gasteiger partial charge on any atom is -0.473 e. The van der Waals surface area contributed by atoms with Gasteiger partial charge in [0.25, 0.3) is 0 Å². The quantitative estimate of drug-likeness (QED) is 0.682. The maximum atomic E-state index is 6.13. The Labute approximate surface area is 125 Å². The number of imidazole rings is 1. The molecule has 0 saturated carbocycles. The van der Waals surface area contributed by atoms with Crippen molar-refractivity contribution in [1.29, 1.82) is 0 Å². The molecule has 3 heterocycles. The normalized spacial score (nSPS) is 17.8. The van der Waals surface area contributed by atoms with Crippen LogP contribution in [0.3, 0.4) is 0 Å². The van der Waals surface area contributed by atoms with Crippen LogP contribution in [-0.4, -0.2) is 32.0 Å². The minimum atomic E-state index is -0.214. The highest BCUT2D eigenvalue weighted by Gasteiger charge is 2.24. The summed E-state index contributed by atoms with van der Waals surface area (Å²) < 4.78 is 7.52. The van der Waals surface area contributed by atoms with E-state index < -0.39 is 0 Å². The van der Waals surface area contributed by atoms with Gasteiger partial charge < -0.3 is 9.30 Å². The molecule has 4 rings (SSSR count). The van der Waals surface area contributed by atoms with Crippen molar-refractivity contribution in [3.63, 3.8) is 0 Å². The predicted molar refractivity (Wildman–Crippen MR) is 78.3 cm³/mol. The Morgan fingerprint density at radius 3 is 2.86 bits per heavy atom. The number of rotatable bonds is 2. The largest absolute Gasteiger partial charge is 0.473 e. The first-order valence-electron chi connectivity index (χ1n) is 6.42. The molecule has 21 heavy (non-hydrogen) atoms. The molecule has 0 amide bonds. The molecule has 3 aromatic rings. The van der Waals surface area contributed by atoms with Crippen LogP contribution in [0, 0.1) is 0 Å². The van der Waals surface area contributed by atoms with Crippen molar-refractivity contribution in [3.05, 3.63) is 53.7 Å². The van der Waals surface area contributed by atoms with Gasteiger partial charge in [-0.3, -0.25) is 0 Å². The Bertz CT molecular complexity index is 830. The molecule has 1 aromatic carbocycles. The van der Waals surface area contributed by atoms with Crippen molar-refractivity contribution in [2.24, 2.45) is 4.99 Å². The first-order valence-corrected chi connectivity index (χ1v) is 6.80. The van der Waals surface area contributed by atoms with E-state index in [2.05, 4.69) is 19.9 Å². The molecule has 1 aliphatic heterocycles. The number of nitrogens with zero attached hydrogens (tertiary/aromatic N) is 5. The van der Waals surface area contributed by atoms with Crippen LogP contribution in [0.5, 0.6) is 0 Å². The van der Waals surface area contributed by atoms with Crippen LogP contribution < -0.4 is 0 Å². The van der Waals surface area contributed by atoms with Crippen LogP contribution in [0.2, 0.25) is 5.15 Å². The van der Waals surface area contributed by atoms with E-state index in [0.717, 1.165) is 5.56 Å². The zero-order valence-corrected chi connectivity index (χ0v) is 11.6. The van der Waals surface area contributed by atoms with Gasteiger partial charge in [-0.15, -0.1) is 0 Å². The van der Waals surface area contributed by atoms with E-state index in [-0.39, 0.29) is 6.17 Å². The van der Waals surface area contributed by atoms with Gasteiger partial charge in [-0.05, 0) is 12.1 Å². The SMILES string of the molecule is Clc1ncnc2ncn(C3COC(c4ccccc4)=N3)c12. The van der Waals surface area contributed by atoms with Gasteiger partial charge in [0.05, 0.1) is 6.33 Å². The molecule has 0 fully saturated rings. The maximum absolute atomic E-state index is 6.13. The lowest BCUT2D eigenvalue weighted by atomic mass is 10.2. The smallest absolute Gasteiger partial charge is 0.218 e. The number of aromatic nitrogens is 4.